The summed E-state index contributed by atoms with van der Waals surface area (Å²) in [5.41, 5.74) is 0. The van der Waals surface area contributed by atoms with Crippen molar-refractivity contribution in [1.82, 2.24) is 0 Å². The van der Waals surface area contributed by atoms with Crippen molar-refractivity contribution in [3.05, 3.63) is 0 Å². The summed E-state index contributed by atoms with van der Waals surface area (Å²) in [5.74, 6) is 0.742. The van der Waals surface area contributed by atoms with Gasteiger partial charge in [-0.25, -0.2) is 0 Å². The fraction of sp³-hybridized carbons (Fsp3) is 0.909. The smallest absolute Gasteiger partial charge is 0.308 e. The highest BCUT2D eigenvalue weighted by Crippen LogP contribution is 2.32. The molecule has 76 valence electrons. The quantitative estimate of drug-likeness (QED) is 0.630. The molecule has 1 fully saturated rings. The van der Waals surface area contributed by atoms with Crippen LogP contribution in [0.25, 0.3) is 0 Å². The summed E-state index contributed by atoms with van der Waals surface area (Å²) >= 11 is 0. The number of carbonyl (C=O) groups is 1. The van der Waals surface area contributed by atoms with Gasteiger partial charge in [0.2, 0.25) is 0 Å². The zero-order valence-corrected chi connectivity index (χ0v) is 8.71. The lowest BCUT2D eigenvalue weighted by molar-refractivity contribution is -0.148. The first kappa shape index (κ1) is 10.6. The maximum absolute atomic E-state index is 11.4. The maximum atomic E-state index is 11.4. The van der Waals surface area contributed by atoms with Crippen molar-refractivity contribution in [3.63, 3.8) is 0 Å². The zero-order chi connectivity index (χ0) is 9.68. The van der Waals surface area contributed by atoms with Crippen molar-refractivity contribution in [2.24, 2.45) is 11.8 Å². The molecule has 1 saturated carbocycles. The summed E-state index contributed by atoms with van der Waals surface area (Å²) in [6.07, 6.45) is 7.28. The van der Waals surface area contributed by atoms with Crippen molar-refractivity contribution in [3.8, 4) is 0 Å². The molecule has 2 heteroatoms. The highest BCUT2D eigenvalue weighted by Gasteiger charge is 2.28. The van der Waals surface area contributed by atoms with E-state index in [1.165, 1.54) is 39.2 Å². The monoisotopic (exact) mass is 184 g/mol. The lowest BCUT2D eigenvalue weighted by Gasteiger charge is -2.27. The molecule has 0 bridgehead atoms. The first-order chi connectivity index (χ1) is 6.29. The Morgan fingerprint density at radius 2 is 2.00 bits per heavy atom. The Balaban J connectivity index is 2.48. The molecule has 0 aromatic heterocycles. The first-order valence-electron chi connectivity index (χ1n) is 5.37. The molecule has 0 amide bonds. The molecule has 2 nitrogen and oxygen atoms in total. The Morgan fingerprint density at radius 1 is 1.38 bits per heavy atom. The number of rotatable bonds is 3. The second-order valence-corrected chi connectivity index (χ2v) is 3.94. The van der Waals surface area contributed by atoms with Crippen LogP contribution in [-0.4, -0.2) is 13.1 Å². The molecular weight excluding hydrogens is 164 g/mol. The topological polar surface area (TPSA) is 26.3 Å². The standard InChI is InChI=1S/C11H20O2/c1-3-10(11(12)13-2)9-7-5-4-6-8-9/h9-10H,3-8H2,1-2H3/t10-/m1/s1. The van der Waals surface area contributed by atoms with E-state index < -0.39 is 0 Å². The number of hydrogen-bond acceptors (Lipinski definition) is 2. The van der Waals surface area contributed by atoms with Gasteiger partial charge in [0.05, 0.1) is 13.0 Å². The van der Waals surface area contributed by atoms with Crippen molar-refractivity contribution in [1.29, 1.82) is 0 Å². The molecule has 0 N–H and O–H groups in total. The number of carbonyl (C=O) groups excluding carboxylic acids is 1. The number of ether oxygens (including phenoxy) is 1. The largest absolute Gasteiger partial charge is 0.469 e. The number of methoxy groups -OCH3 is 1. The van der Waals surface area contributed by atoms with Crippen LogP contribution < -0.4 is 0 Å². The SMILES string of the molecule is CC[C@@H](C(=O)OC)C1CCCCC1. The van der Waals surface area contributed by atoms with Crippen molar-refractivity contribution >= 4 is 5.97 Å². The Labute approximate surface area is 80.7 Å². The second-order valence-electron chi connectivity index (χ2n) is 3.94. The van der Waals surface area contributed by atoms with E-state index >= 15 is 0 Å². The van der Waals surface area contributed by atoms with Crippen LogP contribution >= 0.6 is 0 Å². The van der Waals surface area contributed by atoms with Crippen LogP contribution in [0, 0.1) is 11.8 Å². The third-order valence-corrected chi connectivity index (χ3v) is 3.16. The van der Waals surface area contributed by atoms with Gasteiger partial charge in [-0.2, -0.15) is 0 Å². The van der Waals surface area contributed by atoms with Crippen molar-refractivity contribution in [2.75, 3.05) is 7.11 Å². The summed E-state index contributed by atoms with van der Waals surface area (Å²) in [7, 11) is 1.49. The normalized spacial score (nSPS) is 21.1. The Hall–Kier alpha value is -0.530. The van der Waals surface area contributed by atoms with Crippen LogP contribution in [-0.2, 0) is 9.53 Å². The van der Waals surface area contributed by atoms with Gasteiger partial charge in [-0.15, -0.1) is 0 Å². The van der Waals surface area contributed by atoms with E-state index in [-0.39, 0.29) is 11.9 Å². The Bertz CT molecular complexity index is 159. The van der Waals surface area contributed by atoms with Gasteiger partial charge < -0.3 is 4.74 Å². The molecule has 0 aromatic carbocycles. The minimum absolute atomic E-state index is 0.00519. The fourth-order valence-electron chi connectivity index (χ4n) is 2.38. The first-order valence-corrected chi connectivity index (χ1v) is 5.37. The molecule has 0 aromatic rings. The van der Waals surface area contributed by atoms with Gasteiger partial charge in [0.15, 0.2) is 0 Å². The molecule has 0 radical (unpaired) electrons. The van der Waals surface area contributed by atoms with Crippen LogP contribution in [0.1, 0.15) is 45.4 Å². The molecule has 13 heavy (non-hydrogen) atoms. The molecule has 1 rings (SSSR count). The summed E-state index contributed by atoms with van der Waals surface area (Å²) in [5, 5.41) is 0. The van der Waals surface area contributed by atoms with Gasteiger partial charge in [0.1, 0.15) is 0 Å². The van der Waals surface area contributed by atoms with Crippen molar-refractivity contribution < 1.29 is 9.53 Å². The third-order valence-electron chi connectivity index (χ3n) is 3.16. The molecular formula is C11H20O2. The lowest BCUT2D eigenvalue weighted by Crippen LogP contribution is -2.26. The second kappa shape index (κ2) is 5.25. The molecule has 1 aliphatic carbocycles. The third kappa shape index (κ3) is 2.71. The summed E-state index contributed by atoms with van der Waals surface area (Å²) in [6, 6.07) is 0. The Morgan fingerprint density at radius 3 is 2.46 bits per heavy atom. The summed E-state index contributed by atoms with van der Waals surface area (Å²) < 4.78 is 4.82. The zero-order valence-electron chi connectivity index (χ0n) is 8.71. The summed E-state index contributed by atoms with van der Waals surface area (Å²) in [4.78, 5) is 11.4. The van der Waals surface area contributed by atoms with E-state index in [1.54, 1.807) is 0 Å². The van der Waals surface area contributed by atoms with Gasteiger partial charge in [-0.3, -0.25) is 4.79 Å². The van der Waals surface area contributed by atoms with E-state index in [4.69, 9.17) is 4.74 Å². The molecule has 0 saturated heterocycles. The predicted octanol–water partition coefficient (Wildman–Crippen LogP) is 2.77. The predicted molar refractivity (Wildman–Crippen MR) is 52.4 cm³/mol. The van der Waals surface area contributed by atoms with Crippen LogP contribution in [0.15, 0.2) is 0 Å². The van der Waals surface area contributed by atoms with Crippen LogP contribution in [0.3, 0.4) is 0 Å². The molecule has 1 aliphatic rings. The van der Waals surface area contributed by atoms with Gasteiger partial charge in [0.25, 0.3) is 0 Å². The van der Waals surface area contributed by atoms with E-state index in [2.05, 4.69) is 6.92 Å². The number of esters is 1. The lowest BCUT2D eigenvalue weighted by atomic mass is 9.79. The summed E-state index contributed by atoms with van der Waals surface area (Å²) in [6.45, 7) is 2.08. The van der Waals surface area contributed by atoms with Crippen LogP contribution in [0.4, 0.5) is 0 Å². The van der Waals surface area contributed by atoms with Crippen molar-refractivity contribution in [2.45, 2.75) is 45.4 Å². The molecule has 0 spiro atoms. The average Bonchev–Trinajstić information content (AvgIpc) is 2.20. The van der Waals surface area contributed by atoms with E-state index in [0.717, 1.165) is 6.42 Å². The van der Waals surface area contributed by atoms with Gasteiger partial charge in [0, 0.05) is 0 Å². The minimum Gasteiger partial charge on any atom is -0.469 e. The minimum atomic E-state index is -0.00519. The average molecular weight is 184 g/mol. The maximum Gasteiger partial charge on any atom is 0.308 e. The number of hydrogen-bond donors (Lipinski definition) is 0. The van der Waals surface area contributed by atoms with Gasteiger partial charge in [-0.05, 0) is 25.2 Å². The Kier molecular flexibility index (Phi) is 4.26. The van der Waals surface area contributed by atoms with E-state index in [0.29, 0.717) is 5.92 Å². The van der Waals surface area contributed by atoms with Gasteiger partial charge >= 0.3 is 5.97 Å². The fourth-order valence-corrected chi connectivity index (χ4v) is 2.38. The highest BCUT2D eigenvalue weighted by molar-refractivity contribution is 5.72. The van der Waals surface area contributed by atoms with Crippen LogP contribution in [0.5, 0.6) is 0 Å². The van der Waals surface area contributed by atoms with Crippen LogP contribution in [0.2, 0.25) is 0 Å². The highest BCUT2D eigenvalue weighted by atomic mass is 16.5. The van der Waals surface area contributed by atoms with E-state index in [9.17, 15) is 4.79 Å². The van der Waals surface area contributed by atoms with Gasteiger partial charge in [-0.1, -0.05) is 26.2 Å². The molecule has 0 aliphatic heterocycles. The molecule has 1 atom stereocenters. The van der Waals surface area contributed by atoms with E-state index in [1.807, 2.05) is 0 Å². The molecule has 0 unspecified atom stereocenters. The molecule has 0 heterocycles.